The number of nitrogens with zero attached hydrogens (tertiary/aromatic N) is 1. The molecule has 2 rings (SSSR count). The molecule has 0 heterocycles. The second-order valence-electron chi connectivity index (χ2n) is 5.29. The van der Waals surface area contributed by atoms with Crippen molar-refractivity contribution in [2.45, 2.75) is 6.42 Å². The summed E-state index contributed by atoms with van der Waals surface area (Å²) >= 11 is 0. The Morgan fingerprint density at radius 3 is 2.32 bits per heavy atom. The maximum atomic E-state index is 12.3. The highest BCUT2D eigenvalue weighted by Gasteiger charge is 2.10. The van der Waals surface area contributed by atoms with E-state index >= 15 is 0 Å². The summed E-state index contributed by atoms with van der Waals surface area (Å²) in [5.41, 5.74) is 1.73. The van der Waals surface area contributed by atoms with Crippen molar-refractivity contribution in [3.8, 4) is 6.07 Å². The topological polar surface area (TPSA) is 91.2 Å². The van der Waals surface area contributed by atoms with Crippen LogP contribution in [0.5, 0.6) is 0 Å². The molecule has 25 heavy (non-hydrogen) atoms. The van der Waals surface area contributed by atoms with Crippen molar-refractivity contribution in [1.29, 1.82) is 5.26 Å². The lowest BCUT2D eigenvalue weighted by Gasteiger charge is -2.08. The van der Waals surface area contributed by atoms with Crippen LogP contribution >= 0.6 is 0 Å². The molecule has 0 saturated carbocycles. The first-order valence-corrected chi connectivity index (χ1v) is 7.83. The van der Waals surface area contributed by atoms with Gasteiger partial charge in [-0.2, -0.15) is 5.26 Å². The Bertz CT molecular complexity index is 779. The van der Waals surface area contributed by atoms with Gasteiger partial charge in [-0.25, -0.2) is 0 Å². The normalized spacial score (nSPS) is 9.92. The van der Waals surface area contributed by atoms with Gasteiger partial charge in [0.05, 0.1) is 11.3 Å². The van der Waals surface area contributed by atoms with E-state index in [0.29, 0.717) is 35.5 Å². The molecule has 0 bridgehead atoms. The zero-order chi connectivity index (χ0) is 18.1. The van der Waals surface area contributed by atoms with Crippen LogP contribution in [0.1, 0.15) is 32.7 Å². The molecular formula is C19H19N3O3. The minimum Gasteiger partial charge on any atom is -0.385 e. The summed E-state index contributed by atoms with van der Waals surface area (Å²) in [6.45, 7) is 1.11. The summed E-state index contributed by atoms with van der Waals surface area (Å²) in [6, 6.07) is 15.1. The molecule has 0 aromatic heterocycles. The van der Waals surface area contributed by atoms with Gasteiger partial charge < -0.3 is 15.4 Å². The summed E-state index contributed by atoms with van der Waals surface area (Å²) in [6.07, 6.45) is 0.737. The van der Waals surface area contributed by atoms with Gasteiger partial charge in [-0.05, 0) is 42.8 Å². The van der Waals surface area contributed by atoms with Gasteiger partial charge in [-0.3, -0.25) is 9.59 Å². The lowest BCUT2D eigenvalue weighted by Crippen LogP contribution is -2.25. The van der Waals surface area contributed by atoms with Gasteiger partial charge in [0, 0.05) is 31.4 Å². The third kappa shape index (κ3) is 5.16. The van der Waals surface area contributed by atoms with E-state index in [1.165, 1.54) is 0 Å². The number of amides is 2. The highest BCUT2D eigenvalue weighted by molar-refractivity contribution is 6.05. The number of methoxy groups -OCH3 is 1. The fourth-order valence-corrected chi connectivity index (χ4v) is 2.18. The number of anilines is 1. The Kier molecular flexibility index (Phi) is 6.69. The third-order valence-corrected chi connectivity index (χ3v) is 3.52. The van der Waals surface area contributed by atoms with Crippen molar-refractivity contribution >= 4 is 17.5 Å². The van der Waals surface area contributed by atoms with Crippen LogP contribution in [0, 0.1) is 11.3 Å². The van der Waals surface area contributed by atoms with Crippen molar-refractivity contribution < 1.29 is 14.3 Å². The van der Waals surface area contributed by atoms with Gasteiger partial charge >= 0.3 is 0 Å². The summed E-state index contributed by atoms with van der Waals surface area (Å²) in [4.78, 5) is 24.2. The molecule has 128 valence electrons. The quantitative estimate of drug-likeness (QED) is 0.760. The van der Waals surface area contributed by atoms with Gasteiger partial charge in [-0.1, -0.05) is 12.1 Å². The van der Waals surface area contributed by atoms with Gasteiger partial charge in [0.15, 0.2) is 0 Å². The number of benzene rings is 2. The molecule has 0 aliphatic carbocycles. The van der Waals surface area contributed by atoms with Crippen molar-refractivity contribution in [2.24, 2.45) is 0 Å². The van der Waals surface area contributed by atoms with Crippen LogP contribution in [0.25, 0.3) is 0 Å². The molecule has 0 spiro atoms. The molecule has 6 heteroatoms. The molecule has 2 N–H and O–H groups in total. The van der Waals surface area contributed by atoms with Crippen LogP contribution in [0.15, 0.2) is 48.5 Å². The van der Waals surface area contributed by atoms with Crippen molar-refractivity contribution in [2.75, 3.05) is 25.6 Å². The Hall–Kier alpha value is -3.17. The van der Waals surface area contributed by atoms with Crippen molar-refractivity contribution in [1.82, 2.24) is 5.32 Å². The summed E-state index contributed by atoms with van der Waals surface area (Å²) in [7, 11) is 1.61. The van der Waals surface area contributed by atoms with Crippen LogP contribution in [-0.4, -0.2) is 32.1 Å². The Morgan fingerprint density at radius 1 is 1.04 bits per heavy atom. The first kappa shape index (κ1) is 18.2. The van der Waals surface area contributed by atoms with E-state index < -0.39 is 0 Å². The fourth-order valence-electron chi connectivity index (χ4n) is 2.18. The SMILES string of the molecule is COCCCNC(=O)c1ccc(C(=O)Nc2ccccc2C#N)cc1. The molecule has 0 unspecified atom stereocenters. The summed E-state index contributed by atoms with van der Waals surface area (Å²) in [5, 5.41) is 14.5. The standard InChI is InChI=1S/C19H19N3O3/c1-25-12-4-11-21-18(23)14-7-9-15(10-8-14)19(24)22-17-6-3-2-5-16(17)13-20/h2-3,5-10H,4,11-12H2,1H3,(H,21,23)(H,22,24). The molecule has 0 fully saturated rings. The number of ether oxygens (including phenoxy) is 1. The zero-order valence-corrected chi connectivity index (χ0v) is 13.9. The number of para-hydroxylation sites is 1. The average Bonchev–Trinajstić information content (AvgIpc) is 2.65. The lowest BCUT2D eigenvalue weighted by atomic mass is 10.1. The highest BCUT2D eigenvalue weighted by Crippen LogP contribution is 2.15. The van der Waals surface area contributed by atoms with Gasteiger partial charge in [0.2, 0.25) is 0 Å². The molecule has 0 radical (unpaired) electrons. The Labute approximate surface area is 146 Å². The molecule has 0 saturated heterocycles. The molecule has 2 aromatic rings. The second kappa shape index (κ2) is 9.21. The van der Waals surface area contributed by atoms with Crippen LogP contribution in [0.3, 0.4) is 0 Å². The average molecular weight is 337 g/mol. The smallest absolute Gasteiger partial charge is 0.255 e. The number of rotatable bonds is 7. The van der Waals surface area contributed by atoms with E-state index in [0.717, 1.165) is 6.42 Å². The first-order chi connectivity index (χ1) is 12.2. The third-order valence-electron chi connectivity index (χ3n) is 3.52. The predicted octanol–water partition coefficient (Wildman–Crippen LogP) is 2.58. The minimum atomic E-state index is -0.338. The maximum absolute atomic E-state index is 12.3. The Balaban J connectivity index is 1.98. The monoisotopic (exact) mass is 337 g/mol. The van der Waals surface area contributed by atoms with Crippen LogP contribution in [0.2, 0.25) is 0 Å². The van der Waals surface area contributed by atoms with Crippen LogP contribution in [0.4, 0.5) is 5.69 Å². The molecule has 0 aliphatic heterocycles. The first-order valence-electron chi connectivity index (χ1n) is 7.83. The van der Waals surface area contributed by atoms with E-state index in [4.69, 9.17) is 10.00 Å². The largest absolute Gasteiger partial charge is 0.385 e. The van der Waals surface area contributed by atoms with Crippen molar-refractivity contribution in [3.05, 3.63) is 65.2 Å². The molecule has 0 atom stereocenters. The molecular weight excluding hydrogens is 318 g/mol. The van der Waals surface area contributed by atoms with Gasteiger partial charge in [0.1, 0.15) is 6.07 Å². The lowest BCUT2D eigenvalue weighted by molar-refractivity contribution is 0.0947. The molecule has 2 amide bonds. The Morgan fingerprint density at radius 2 is 1.68 bits per heavy atom. The second-order valence-corrected chi connectivity index (χ2v) is 5.29. The number of hydrogen-bond acceptors (Lipinski definition) is 4. The summed E-state index contributed by atoms with van der Waals surface area (Å²) in [5.74, 6) is -0.535. The summed E-state index contributed by atoms with van der Waals surface area (Å²) < 4.78 is 4.92. The number of hydrogen-bond donors (Lipinski definition) is 2. The van der Waals surface area contributed by atoms with E-state index in [2.05, 4.69) is 10.6 Å². The number of carbonyl (C=O) groups is 2. The molecule has 2 aromatic carbocycles. The van der Waals surface area contributed by atoms with E-state index in [-0.39, 0.29) is 11.8 Å². The van der Waals surface area contributed by atoms with Crippen LogP contribution < -0.4 is 10.6 Å². The van der Waals surface area contributed by atoms with E-state index in [1.807, 2.05) is 6.07 Å². The number of nitrogens with one attached hydrogen (secondary N) is 2. The van der Waals surface area contributed by atoms with Crippen molar-refractivity contribution in [3.63, 3.8) is 0 Å². The van der Waals surface area contributed by atoms with E-state index in [1.54, 1.807) is 55.6 Å². The minimum absolute atomic E-state index is 0.196. The highest BCUT2D eigenvalue weighted by atomic mass is 16.5. The maximum Gasteiger partial charge on any atom is 0.255 e. The zero-order valence-electron chi connectivity index (χ0n) is 13.9. The van der Waals surface area contributed by atoms with Crippen LogP contribution in [-0.2, 0) is 4.74 Å². The number of carbonyl (C=O) groups excluding carboxylic acids is 2. The number of nitriles is 1. The predicted molar refractivity (Wildman–Crippen MR) is 94.4 cm³/mol. The van der Waals surface area contributed by atoms with Gasteiger partial charge in [-0.15, -0.1) is 0 Å². The fraction of sp³-hybridized carbons (Fsp3) is 0.211. The molecule has 0 aliphatic rings. The molecule has 6 nitrogen and oxygen atoms in total. The van der Waals surface area contributed by atoms with Gasteiger partial charge in [0.25, 0.3) is 11.8 Å². The van der Waals surface area contributed by atoms with E-state index in [9.17, 15) is 9.59 Å².